The molecular formula is C57H58Cl2K2N10O7S. The van der Waals surface area contributed by atoms with Crippen molar-refractivity contribution in [1.29, 1.82) is 0 Å². The summed E-state index contributed by atoms with van der Waals surface area (Å²) in [6.45, 7) is 1.01. The number of nitrogens with zero attached hydrogens (tertiary/aromatic N) is 5. The van der Waals surface area contributed by atoms with Crippen molar-refractivity contribution in [2.45, 2.75) is 88.9 Å². The van der Waals surface area contributed by atoms with Crippen LogP contribution >= 0.6 is 23.2 Å². The van der Waals surface area contributed by atoms with Gasteiger partial charge in [0.05, 0.1) is 64.8 Å². The number of carbonyl (C=O) groups is 1. The number of hydrogen-bond acceptors (Lipinski definition) is 15. The number of H-pyrrole nitrogens is 1. The number of ether oxygens (including phenoxy) is 2. The molecule has 0 aliphatic heterocycles. The van der Waals surface area contributed by atoms with Crippen LogP contribution in [0.4, 0.5) is 23.3 Å². The Hall–Kier alpha value is -4.44. The molecular weight excluding hydrogens is 1120 g/mol. The smallest absolute Gasteiger partial charge is 1.00 e. The molecule has 4 heterocycles. The van der Waals surface area contributed by atoms with Crippen LogP contribution in [0.1, 0.15) is 63.9 Å². The monoisotopic (exact) mass is 1170 g/mol. The summed E-state index contributed by atoms with van der Waals surface area (Å²) in [5.74, 6) is 1.21. The van der Waals surface area contributed by atoms with Crippen molar-refractivity contribution in [2.24, 2.45) is 0 Å². The minimum atomic E-state index is -0.750. The van der Waals surface area contributed by atoms with E-state index in [9.17, 15) is 0 Å². The molecule has 2 saturated carbocycles. The van der Waals surface area contributed by atoms with E-state index < -0.39 is 11.6 Å². The predicted molar refractivity (Wildman–Crippen MR) is 301 cm³/mol. The first-order valence-corrected chi connectivity index (χ1v) is 26.4. The van der Waals surface area contributed by atoms with E-state index in [-0.39, 0.29) is 123 Å². The van der Waals surface area contributed by atoms with Gasteiger partial charge in [-0.1, -0.05) is 102 Å². The Morgan fingerprint density at radius 1 is 0.658 bits per heavy atom. The van der Waals surface area contributed by atoms with Gasteiger partial charge in [-0.15, -0.1) is 0 Å². The maximum atomic E-state index is 8.64. The molecule has 11 rings (SSSR count). The van der Waals surface area contributed by atoms with Gasteiger partial charge in [0, 0.05) is 69.0 Å². The summed E-state index contributed by atoms with van der Waals surface area (Å²) in [4.78, 5) is 33.1. The molecule has 2 fully saturated rings. The van der Waals surface area contributed by atoms with Gasteiger partial charge < -0.3 is 52.7 Å². The van der Waals surface area contributed by atoms with E-state index >= 15 is 0 Å². The maximum Gasteiger partial charge on any atom is 1.00 e. The van der Waals surface area contributed by atoms with E-state index in [0.717, 1.165) is 124 Å². The zero-order chi connectivity index (χ0) is 53.9. The number of anilines is 4. The summed E-state index contributed by atoms with van der Waals surface area (Å²) in [6.07, 6.45) is 15.9. The van der Waals surface area contributed by atoms with Crippen LogP contribution in [0.5, 0.6) is 0 Å². The number of nitrogens with two attached hydrogens (primary N) is 2. The summed E-state index contributed by atoms with van der Waals surface area (Å²) in [5.41, 5.74) is 22.2. The number of aromatic nitrogens is 6. The van der Waals surface area contributed by atoms with Crippen molar-refractivity contribution in [3.8, 4) is 28.2 Å². The Bertz CT molecular complexity index is 3400. The van der Waals surface area contributed by atoms with Gasteiger partial charge in [-0.05, 0) is 111 Å². The van der Waals surface area contributed by atoms with E-state index in [4.69, 9.17) is 72.6 Å². The standard InChI is InChI=1S/C31H30ClN5O.C25H26ClN5O.CH2O3.2K.O2S.H/c32-28-18-34-31(35-23-13-15-25(16-14-23)38-20-21-7-6-8-22(33)17-21)36-30(28)27-19-37(24-9-2-1-3-10-24)29-12-5-4-11-26(27)29;26-22-14-29-25(31-24(22)21-13-28-23-7-2-1-6-20(21)23)30-18-8-10-19(11-9-18)32-15-16-4-3-5-17(27)12-16;2-1-4-3;;;1-3-2;/h1-12,17-19,23,25H,13-16,20,33H2,(H,34,35,36);1-7,12-14,18-19,28H,8-11,15,27H2,(H,29,30,31);1,3H;;;;/q;;;2*+1;;-1/p-1. The van der Waals surface area contributed by atoms with Crippen molar-refractivity contribution in [2.75, 3.05) is 22.1 Å². The van der Waals surface area contributed by atoms with Gasteiger partial charge in [0.2, 0.25) is 11.9 Å². The van der Waals surface area contributed by atoms with E-state index in [0.29, 0.717) is 47.2 Å². The molecule has 0 radical (unpaired) electrons. The molecule has 0 atom stereocenters. The second-order valence-corrected chi connectivity index (χ2v) is 19.4. The first-order chi connectivity index (χ1) is 37.6. The Morgan fingerprint density at radius 2 is 1.13 bits per heavy atom. The zero-order valence-corrected chi connectivity index (χ0v) is 52.4. The summed E-state index contributed by atoms with van der Waals surface area (Å²) in [5, 5.41) is 18.7. The average molecular weight is 1180 g/mol. The third kappa shape index (κ3) is 18.3. The first kappa shape index (κ1) is 63.7. The Labute approximate surface area is 558 Å². The molecule has 0 saturated heterocycles. The number of nitrogen functional groups attached to an aromatic ring is 2. The van der Waals surface area contributed by atoms with Crippen molar-refractivity contribution in [3.05, 3.63) is 173 Å². The molecule has 400 valence electrons. The van der Waals surface area contributed by atoms with Crippen molar-refractivity contribution in [3.63, 3.8) is 0 Å². The van der Waals surface area contributed by atoms with E-state index in [1.165, 1.54) is 0 Å². The number of rotatable bonds is 14. The van der Waals surface area contributed by atoms with E-state index in [2.05, 4.69) is 83.7 Å². The van der Waals surface area contributed by atoms with Crippen molar-refractivity contribution >= 4 is 86.3 Å². The number of benzene rings is 5. The molecule has 0 amide bonds. The molecule has 79 heavy (non-hydrogen) atoms. The third-order valence-electron chi connectivity index (χ3n) is 13.3. The Morgan fingerprint density at radius 3 is 1.63 bits per heavy atom. The molecule has 22 heteroatoms. The first-order valence-electron chi connectivity index (χ1n) is 25.0. The fraction of sp³-hybridized carbons (Fsp3) is 0.246. The van der Waals surface area contributed by atoms with Gasteiger partial charge in [-0.3, -0.25) is 4.79 Å². The number of aromatic amines is 1. The number of carbonyl (C=O) groups excluding carboxylic acids is 1. The quantitative estimate of drug-likeness (QED) is 0.0318. The molecule has 2 aliphatic carbocycles. The second kappa shape index (κ2) is 32.9. The molecule has 5 aromatic carbocycles. The minimum absolute atomic E-state index is 0. The minimum Gasteiger partial charge on any atom is -1.00 e. The fourth-order valence-corrected chi connectivity index (χ4v) is 9.98. The van der Waals surface area contributed by atoms with Gasteiger partial charge in [-0.2, -0.15) is 8.42 Å². The van der Waals surface area contributed by atoms with E-state index in [1.807, 2.05) is 91.1 Å². The molecule has 2 aliphatic rings. The van der Waals surface area contributed by atoms with Crippen LogP contribution in [0.3, 0.4) is 0 Å². The van der Waals surface area contributed by atoms with Gasteiger partial charge in [0.15, 0.2) is 0 Å². The van der Waals surface area contributed by atoms with Crippen LogP contribution in [0.2, 0.25) is 10.0 Å². The van der Waals surface area contributed by atoms with Crippen LogP contribution in [0.25, 0.3) is 50.0 Å². The van der Waals surface area contributed by atoms with Crippen LogP contribution in [-0.2, 0) is 43.9 Å². The fourth-order valence-electron chi connectivity index (χ4n) is 9.60. The molecule has 17 nitrogen and oxygen atoms in total. The number of halogens is 2. The Balaban J connectivity index is 0.000000257. The summed E-state index contributed by atoms with van der Waals surface area (Å²) >= 11 is 12.4. The van der Waals surface area contributed by atoms with Crippen LogP contribution in [-0.4, -0.2) is 68.7 Å². The number of fused-ring (bicyclic) bond motifs is 2. The Kier molecular flexibility index (Phi) is 26.5. The van der Waals surface area contributed by atoms with E-state index in [1.54, 1.807) is 12.4 Å². The number of hydrogen-bond donors (Lipinski definition) is 5. The van der Waals surface area contributed by atoms with Gasteiger partial charge in [-0.25, -0.2) is 19.9 Å². The zero-order valence-electron chi connectivity index (χ0n) is 44.8. The van der Waals surface area contributed by atoms with Crippen molar-refractivity contribution < 1.29 is 137 Å². The van der Waals surface area contributed by atoms with Gasteiger partial charge >= 0.3 is 114 Å². The summed E-state index contributed by atoms with van der Waals surface area (Å²) in [7, 11) is 0. The average Bonchev–Trinajstić information content (AvgIpc) is 4.11. The molecule has 0 bridgehead atoms. The predicted octanol–water partition coefficient (Wildman–Crippen LogP) is 4.95. The van der Waals surface area contributed by atoms with Gasteiger partial charge in [0.1, 0.15) is 0 Å². The summed E-state index contributed by atoms with van der Waals surface area (Å²) in [6, 6.07) is 43.1. The molecule has 4 aromatic heterocycles. The number of nitrogens with one attached hydrogen (secondary N) is 3. The van der Waals surface area contributed by atoms with Crippen LogP contribution in [0, 0.1) is 0 Å². The molecule has 0 spiro atoms. The van der Waals surface area contributed by atoms with Crippen LogP contribution < -0.4 is 130 Å². The van der Waals surface area contributed by atoms with Crippen LogP contribution in [0.15, 0.2) is 152 Å². The topological polar surface area (TPSA) is 250 Å². The molecule has 9 aromatic rings. The molecule has 0 unspecified atom stereocenters. The maximum absolute atomic E-state index is 8.64. The van der Waals surface area contributed by atoms with Crippen molar-refractivity contribution in [1.82, 2.24) is 29.5 Å². The largest absolute Gasteiger partial charge is 1.00 e. The molecule has 7 N–H and O–H groups in total. The number of para-hydroxylation sites is 3. The SMILES string of the molecule is Nc1cccc(COC2CCC(Nc3ncc(Cl)c(-c4c[nH]c5ccccc45)n3)CC2)c1.Nc1cccc(COC2CCC(Nc3ncc(Cl)c(-c4cn(-c5ccccc5)c5ccccc45)n3)CC2)c1.O=CO[O-].O=S=O.[H-].[K+].[K+]. The second-order valence-electron chi connectivity index (χ2n) is 18.4. The normalized spacial score (nSPS) is 16.4. The van der Waals surface area contributed by atoms with Gasteiger partial charge in [0.25, 0.3) is 6.47 Å². The summed E-state index contributed by atoms with van der Waals surface area (Å²) < 4.78 is 31.0. The third-order valence-corrected chi connectivity index (χ3v) is 13.8.